The Morgan fingerprint density at radius 1 is 1.24 bits per heavy atom. The number of halogens is 1. The van der Waals surface area contributed by atoms with Crippen LogP contribution in [0.5, 0.6) is 0 Å². The summed E-state index contributed by atoms with van der Waals surface area (Å²) in [6.07, 6.45) is 1.91. The minimum atomic E-state index is -0.667. The third-order valence-corrected chi connectivity index (χ3v) is 3.34. The molecular weight excluding hydrogens is 290 g/mol. The van der Waals surface area contributed by atoms with Crippen LogP contribution in [0.1, 0.15) is 24.9 Å². The number of esters is 1. The molecule has 0 amide bonds. The van der Waals surface area contributed by atoms with E-state index in [2.05, 4.69) is 0 Å². The molecule has 0 aliphatic heterocycles. The molecule has 5 heteroatoms. The predicted octanol–water partition coefficient (Wildman–Crippen LogP) is 3.20. The molecule has 1 heterocycles. The lowest BCUT2D eigenvalue weighted by molar-refractivity contribution is -0.149. The van der Waals surface area contributed by atoms with Crippen LogP contribution in [-0.2, 0) is 16.1 Å². The van der Waals surface area contributed by atoms with E-state index < -0.39 is 12.0 Å². The molecule has 0 aliphatic carbocycles. The maximum Gasteiger partial charge on any atom is 0.329 e. The Kier molecular flexibility index (Phi) is 5.17. The number of carbonyl (C=O) groups excluding carboxylic acids is 1. The van der Waals surface area contributed by atoms with Gasteiger partial charge in [0.2, 0.25) is 0 Å². The van der Waals surface area contributed by atoms with Gasteiger partial charge in [-0.05, 0) is 18.1 Å². The van der Waals surface area contributed by atoms with Crippen molar-refractivity contribution in [2.75, 3.05) is 0 Å². The maximum absolute atomic E-state index is 12.2. The van der Waals surface area contributed by atoms with Crippen molar-refractivity contribution >= 4 is 17.6 Å². The number of ether oxygens (including phenoxy) is 1. The Labute approximate surface area is 127 Å². The van der Waals surface area contributed by atoms with Crippen molar-refractivity contribution in [1.82, 2.24) is 4.57 Å². The van der Waals surface area contributed by atoms with E-state index in [0.717, 1.165) is 5.56 Å². The highest BCUT2D eigenvalue weighted by Gasteiger charge is 2.21. The monoisotopic (exact) mass is 305 g/mol. The average Bonchev–Trinajstić information content (AvgIpc) is 2.50. The third kappa shape index (κ3) is 3.95. The second kappa shape index (κ2) is 7.09. The highest BCUT2D eigenvalue weighted by atomic mass is 35.5. The molecule has 4 nitrogen and oxygen atoms in total. The van der Waals surface area contributed by atoms with E-state index >= 15 is 0 Å². The van der Waals surface area contributed by atoms with Crippen LogP contribution in [0.15, 0.2) is 53.5 Å². The molecule has 0 fully saturated rings. The van der Waals surface area contributed by atoms with Crippen molar-refractivity contribution in [3.05, 3.63) is 69.6 Å². The van der Waals surface area contributed by atoms with E-state index in [1.54, 1.807) is 0 Å². The fourth-order valence-electron chi connectivity index (χ4n) is 2.02. The fourth-order valence-corrected chi connectivity index (χ4v) is 2.19. The largest absolute Gasteiger partial charge is 0.459 e. The van der Waals surface area contributed by atoms with Gasteiger partial charge in [-0.15, -0.1) is 0 Å². The van der Waals surface area contributed by atoms with Gasteiger partial charge in [0, 0.05) is 12.3 Å². The molecule has 1 atom stereocenters. The number of rotatable bonds is 5. The van der Waals surface area contributed by atoms with Crippen molar-refractivity contribution in [2.24, 2.45) is 0 Å². The molecule has 1 aromatic carbocycles. The molecule has 110 valence electrons. The molecule has 0 bridgehead atoms. The Balaban J connectivity index is 2.12. The first-order valence-electron chi connectivity index (χ1n) is 6.70. The van der Waals surface area contributed by atoms with Crippen molar-refractivity contribution in [1.29, 1.82) is 0 Å². The number of hydrogen-bond acceptors (Lipinski definition) is 3. The Morgan fingerprint density at radius 2 is 1.95 bits per heavy atom. The molecule has 2 rings (SSSR count). The summed E-state index contributed by atoms with van der Waals surface area (Å²) in [5, 5.41) is 0.406. The van der Waals surface area contributed by atoms with Crippen LogP contribution in [0.3, 0.4) is 0 Å². The van der Waals surface area contributed by atoms with Gasteiger partial charge in [0.05, 0.1) is 5.02 Å². The molecule has 0 aliphatic rings. The quantitative estimate of drug-likeness (QED) is 0.797. The lowest BCUT2D eigenvalue weighted by Gasteiger charge is -2.17. The molecule has 0 saturated carbocycles. The van der Waals surface area contributed by atoms with Gasteiger partial charge in [0.15, 0.2) is 0 Å². The van der Waals surface area contributed by atoms with Crippen LogP contribution >= 0.6 is 11.6 Å². The average molecular weight is 306 g/mol. The first kappa shape index (κ1) is 15.3. The van der Waals surface area contributed by atoms with Gasteiger partial charge in [-0.3, -0.25) is 9.36 Å². The number of hydrogen-bond donors (Lipinski definition) is 0. The molecule has 21 heavy (non-hydrogen) atoms. The van der Waals surface area contributed by atoms with Crippen molar-refractivity contribution in [2.45, 2.75) is 26.0 Å². The van der Waals surface area contributed by atoms with Gasteiger partial charge in [0.25, 0.3) is 5.56 Å². The second-order valence-electron chi connectivity index (χ2n) is 4.61. The summed E-state index contributed by atoms with van der Waals surface area (Å²) >= 11 is 5.88. The third-order valence-electron chi connectivity index (χ3n) is 3.12. The molecule has 2 aromatic rings. The minimum Gasteiger partial charge on any atom is -0.459 e. The number of aromatic nitrogens is 1. The second-order valence-corrected chi connectivity index (χ2v) is 5.05. The summed E-state index contributed by atoms with van der Waals surface area (Å²) in [6, 6.07) is 11.6. The summed E-state index contributed by atoms with van der Waals surface area (Å²) < 4.78 is 6.60. The smallest absolute Gasteiger partial charge is 0.329 e. The van der Waals surface area contributed by atoms with E-state index in [9.17, 15) is 9.59 Å². The summed E-state index contributed by atoms with van der Waals surface area (Å²) in [5.74, 6) is -0.439. The maximum atomic E-state index is 12.2. The van der Waals surface area contributed by atoms with Crippen molar-refractivity contribution in [3.8, 4) is 0 Å². The van der Waals surface area contributed by atoms with Crippen LogP contribution in [0, 0.1) is 0 Å². The van der Waals surface area contributed by atoms with E-state index in [-0.39, 0.29) is 12.2 Å². The summed E-state index contributed by atoms with van der Waals surface area (Å²) in [5.41, 5.74) is 0.627. The molecule has 0 radical (unpaired) electrons. The Hall–Kier alpha value is -2.07. The molecule has 0 N–H and O–H groups in total. The van der Waals surface area contributed by atoms with Gasteiger partial charge in [-0.1, -0.05) is 48.9 Å². The van der Waals surface area contributed by atoms with E-state index in [4.69, 9.17) is 16.3 Å². The number of pyridine rings is 1. The lowest BCUT2D eigenvalue weighted by Crippen LogP contribution is -2.29. The van der Waals surface area contributed by atoms with Crippen molar-refractivity contribution in [3.63, 3.8) is 0 Å². The lowest BCUT2D eigenvalue weighted by atomic mass is 10.2. The highest BCUT2D eigenvalue weighted by molar-refractivity contribution is 6.30. The zero-order chi connectivity index (χ0) is 15.2. The zero-order valence-corrected chi connectivity index (χ0v) is 12.4. The van der Waals surface area contributed by atoms with Crippen LogP contribution in [-0.4, -0.2) is 10.5 Å². The van der Waals surface area contributed by atoms with Gasteiger partial charge in [-0.2, -0.15) is 0 Å². The topological polar surface area (TPSA) is 48.3 Å². The highest BCUT2D eigenvalue weighted by Crippen LogP contribution is 2.15. The first-order valence-corrected chi connectivity index (χ1v) is 7.08. The van der Waals surface area contributed by atoms with E-state index in [1.807, 2.05) is 37.3 Å². The molecule has 0 spiro atoms. The summed E-state index contributed by atoms with van der Waals surface area (Å²) in [6.45, 7) is 2.01. The van der Waals surface area contributed by atoms with Gasteiger partial charge >= 0.3 is 5.97 Å². The van der Waals surface area contributed by atoms with Crippen LogP contribution in [0.4, 0.5) is 0 Å². The molecule has 1 aromatic heterocycles. The van der Waals surface area contributed by atoms with Gasteiger partial charge in [-0.25, -0.2) is 4.79 Å². The Morgan fingerprint density at radius 3 is 2.62 bits per heavy atom. The van der Waals surface area contributed by atoms with Crippen LogP contribution in [0.2, 0.25) is 5.02 Å². The standard InChI is InChI=1S/C16H16ClNO3/c1-2-14(18-10-13(17)8-9-15(18)19)16(20)21-11-12-6-4-3-5-7-12/h3-10,14H,2,11H2,1H3. The summed E-state index contributed by atoms with van der Waals surface area (Å²) in [7, 11) is 0. The molecular formula is C16H16ClNO3. The van der Waals surface area contributed by atoms with Crippen LogP contribution < -0.4 is 5.56 Å². The number of benzene rings is 1. The molecule has 0 saturated heterocycles. The van der Waals surface area contributed by atoms with E-state index in [0.29, 0.717) is 11.4 Å². The van der Waals surface area contributed by atoms with Crippen molar-refractivity contribution < 1.29 is 9.53 Å². The fraction of sp³-hybridized carbons (Fsp3) is 0.250. The normalized spacial score (nSPS) is 11.9. The van der Waals surface area contributed by atoms with E-state index in [1.165, 1.54) is 22.9 Å². The first-order chi connectivity index (χ1) is 10.1. The number of carbonyl (C=O) groups is 1. The zero-order valence-electron chi connectivity index (χ0n) is 11.7. The number of nitrogens with zero attached hydrogens (tertiary/aromatic N) is 1. The SMILES string of the molecule is CCC(C(=O)OCc1ccccc1)n1cc(Cl)ccc1=O. The van der Waals surface area contributed by atoms with Gasteiger partial charge in [0.1, 0.15) is 12.6 Å². The Bertz CT molecular complexity index is 667. The van der Waals surface area contributed by atoms with Crippen LogP contribution in [0.25, 0.3) is 0 Å². The predicted molar refractivity (Wildman–Crippen MR) is 81.3 cm³/mol. The van der Waals surface area contributed by atoms with Gasteiger partial charge < -0.3 is 4.74 Å². The minimum absolute atomic E-state index is 0.186. The summed E-state index contributed by atoms with van der Waals surface area (Å²) in [4.78, 5) is 24.0. The molecule has 1 unspecified atom stereocenters.